The van der Waals surface area contributed by atoms with Gasteiger partial charge in [0.05, 0.1) is 6.54 Å². The predicted molar refractivity (Wildman–Crippen MR) is 79.5 cm³/mol. The van der Waals surface area contributed by atoms with Gasteiger partial charge in [0.15, 0.2) is 0 Å². The lowest BCUT2D eigenvalue weighted by Gasteiger charge is -2.38. The highest BCUT2D eigenvalue weighted by molar-refractivity contribution is 6.31. The number of rotatable bonds is 2. The fourth-order valence-electron chi connectivity index (χ4n) is 3.24. The largest absolute Gasteiger partial charge is 0.508 e. The van der Waals surface area contributed by atoms with Gasteiger partial charge in [-0.25, -0.2) is 4.79 Å². The van der Waals surface area contributed by atoms with Crippen molar-refractivity contribution in [3.8, 4) is 5.75 Å². The zero-order valence-electron chi connectivity index (χ0n) is 12.0. The lowest BCUT2D eigenvalue weighted by molar-refractivity contribution is -0.0113. The number of hydrogen-bond acceptors (Lipinski definition) is 4. The van der Waals surface area contributed by atoms with Crippen molar-refractivity contribution in [2.75, 3.05) is 26.7 Å². The number of phenols is 1. The Morgan fingerprint density at radius 3 is 2.90 bits per heavy atom. The second-order valence-corrected chi connectivity index (χ2v) is 6.40. The summed E-state index contributed by atoms with van der Waals surface area (Å²) in [6.07, 6.45) is 1.67. The van der Waals surface area contributed by atoms with Crippen LogP contribution in [0.2, 0.25) is 5.02 Å². The van der Waals surface area contributed by atoms with E-state index in [1.54, 1.807) is 24.1 Å². The fraction of sp³-hybridized carbons (Fsp3) is 0.533. The standard InChI is InChI=1S/C15H19ClN2O3/c1-17-9-15(21-14(17)20)5-2-6-18(10-15)8-11-3-4-12(19)7-13(11)16/h3-4,7,19H,2,5-6,8-10H2,1H3/t15-/m1/s1. The Morgan fingerprint density at radius 1 is 1.43 bits per heavy atom. The van der Waals surface area contributed by atoms with Crippen LogP contribution in [0.4, 0.5) is 4.79 Å². The summed E-state index contributed by atoms with van der Waals surface area (Å²) >= 11 is 6.17. The molecule has 0 radical (unpaired) electrons. The molecule has 1 amide bonds. The van der Waals surface area contributed by atoms with E-state index in [0.717, 1.165) is 31.5 Å². The first-order valence-electron chi connectivity index (χ1n) is 7.11. The van der Waals surface area contributed by atoms with Crippen molar-refractivity contribution in [3.63, 3.8) is 0 Å². The average Bonchev–Trinajstić information content (AvgIpc) is 2.67. The van der Waals surface area contributed by atoms with E-state index in [4.69, 9.17) is 16.3 Å². The first-order chi connectivity index (χ1) is 9.97. The van der Waals surface area contributed by atoms with Crippen molar-refractivity contribution in [2.45, 2.75) is 25.0 Å². The van der Waals surface area contributed by atoms with E-state index in [1.165, 1.54) is 0 Å². The minimum Gasteiger partial charge on any atom is -0.508 e. The number of carbonyl (C=O) groups excluding carboxylic acids is 1. The van der Waals surface area contributed by atoms with Crippen molar-refractivity contribution in [3.05, 3.63) is 28.8 Å². The topological polar surface area (TPSA) is 53.0 Å². The number of nitrogens with zero attached hydrogens (tertiary/aromatic N) is 2. The average molecular weight is 311 g/mol. The van der Waals surface area contributed by atoms with Gasteiger partial charge in [-0.05, 0) is 37.1 Å². The maximum atomic E-state index is 11.6. The Labute approximate surface area is 129 Å². The van der Waals surface area contributed by atoms with Gasteiger partial charge in [0.25, 0.3) is 0 Å². The molecular formula is C15H19ClN2O3. The van der Waals surface area contributed by atoms with Crippen LogP contribution < -0.4 is 0 Å². The van der Waals surface area contributed by atoms with Crippen LogP contribution in [0.25, 0.3) is 0 Å². The fourth-order valence-corrected chi connectivity index (χ4v) is 3.47. The molecule has 0 saturated carbocycles. The summed E-state index contributed by atoms with van der Waals surface area (Å²) in [5, 5.41) is 9.97. The van der Waals surface area contributed by atoms with Crippen LogP contribution in [-0.4, -0.2) is 53.3 Å². The van der Waals surface area contributed by atoms with Gasteiger partial charge in [-0.3, -0.25) is 4.90 Å². The SMILES string of the molecule is CN1C[C@@]2(CCCN(Cc3ccc(O)cc3Cl)C2)OC1=O. The summed E-state index contributed by atoms with van der Waals surface area (Å²) in [6, 6.07) is 5.04. The molecule has 2 fully saturated rings. The molecule has 114 valence electrons. The van der Waals surface area contributed by atoms with Crippen LogP contribution in [0.1, 0.15) is 18.4 Å². The number of aromatic hydroxyl groups is 1. The van der Waals surface area contributed by atoms with E-state index < -0.39 is 0 Å². The summed E-state index contributed by atoms with van der Waals surface area (Å²) in [6.45, 7) is 3.02. The molecule has 2 saturated heterocycles. The summed E-state index contributed by atoms with van der Waals surface area (Å²) in [4.78, 5) is 15.5. The van der Waals surface area contributed by atoms with Gasteiger partial charge >= 0.3 is 6.09 Å². The van der Waals surface area contributed by atoms with Crippen LogP contribution in [0.15, 0.2) is 18.2 Å². The molecule has 0 aromatic heterocycles. The molecule has 1 atom stereocenters. The molecule has 2 aliphatic heterocycles. The molecule has 0 aliphatic carbocycles. The first-order valence-corrected chi connectivity index (χ1v) is 7.49. The quantitative estimate of drug-likeness (QED) is 0.911. The number of likely N-dealkylation sites (tertiary alicyclic amines) is 1. The third-order valence-corrected chi connectivity index (χ3v) is 4.54. The molecule has 1 aromatic carbocycles. The number of phenolic OH excluding ortho intramolecular Hbond substituents is 1. The van der Waals surface area contributed by atoms with Gasteiger partial charge in [0, 0.05) is 25.2 Å². The summed E-state index contributed by atoms with van der Waals surface area (Å²) in [5.74, 6) is 0.171. The van der Waals surface area contributed by atoms with E-state index in [9.17, 15) is 9.90 Å². The first kappa shape index (κ1) is 14.5. The number of piperidine rings is 1. The van der Waals surface area contributed by atoms with Crippen molar-refractivity contribution in [1.29, 1.82) is 0 Å². The molecule has 2 heterocycles. The third-order valence-electron chi connectivity index (χ3n) is 4.19. The number of ether oxygens (including phenoxy) is 1. The Balaban J connectivity index is 1.71. The highest BCUT2D eigenvalue weighted by atomic mass is 35.5. The van der Waals surface area contributed by atoms with E-state index >= 15 is 0 Å². The molecule has 6 heteroatoms. The third kappa shape index (κ3) is 2.94. The second kappa shape index (κ2) is 5.39. The minimum absolute atomic E-state index is 0.171. The molecule has 21 heavy (non-hydrogen) atoms. The Hall–Kier alpha value is -1.46. The van der Waals surface area contributed by atoms with Crippen LogP contribution in [0.5, 0.6) is 5.75 Å². The molecule has 2 aliphatic rings. The number of amides is 1. The Kier molecular flexibility index (Phi) is 3.71. The molecule has 1 spiro atoms. The predicted octanol–water partition coefficient (Wildman–Crippen LogP) is 2.46. The van der Waals surface area contributed by atoms with Crippen LogP contribution in [-0.2, 0) is 11.3 Å². The van der Waals surface area contributed by atoms with Gasteiger partial charge < -0.3 is 14.7 Å². The van der Waals surface area contributed by atoms with Gasteiger partial charge in [-0.1, -0.05) is 17.7 Å². The highest BCUT2D eigenvalue weighted by Crippen LogP contribution is 2.32. The molecular weight excluding hydrogens is 292 g/mol. The Bertz CT molecular complexity index is 566. The van der Waals surface area contributed by atoms with Crippen molar-refractivity contribution in [1.82, 2.24) is 9.80 Å². The normalized spacial score (nSPS) is 26.4. The lowest BCUT2D eigenvalue weighted by Crippen LogP contribution is -2.50. The van der Waals surface area contributed by atoms with Gasteiger partial charge in [-0.2, -0.15) is 0 Å². The number of halogens is 1. The number of likely N-dealkylation sites (N-methyl/N-ethyl adjacent to an activating group) is 1. The molecule has 0 unspecified atom stereocenters. The van der Waals surface area contributed by atoms with Crippen LogP contribution >= 0.6 is 11.6 Å². The van der Waals surface area contributed by atoms with Crippen molar-refractivity contribution >= 4 is 17.7 Å². The lowest BCUT2D eigenvalue weighted by atomic mass is 9.92. The molecule has 3 rings (SSSR count). The zero-order valence-corrected chi connectivity index (χ0v) is 12.8. The molecule has 5 nitrogen and oxygen atoms in total. The summed E-state index contributed by atoms with van der Waals surface area (Å²) in [7, 11) is 1.77. The van der Waals surface area contributed by atoms with Crippen LogP contribution in [0.3, 0.4) is 0 Å². The van der Waals surface area contributed by atoms with E-state index in [0.29, 0.717) is 18.1 Å². The smallest absolute Gasteiger partial charge is 0.410 e. The zero-order chi connectivity index (χ0) is 15.0. The summed E-state index contributed by atoms with van der Waals surface area (Å²) < 4.78 is 5.59. The molecule has 1 aromatic rings. The number of hydrogen-bond donors (Lipinski definition) is 1. The number of carbonyl (C=O) groups is 1. The van der Waals surface area contributed by atoms with E-state index in [2.05, 4.69) is 4.90 Å². The van der Waals surface area contributed by atoms with Gasteiger partial charge in [-0.15, -0.1) is 0 Å². The van der Waals surface area contributed by atoms with Gasteiger partial charge in [0.2, 0.25) is 0 Å². The second-order valence-electron chi connectivity index (χ2n) is 6.00. The van der Waals surface area contributed by atoms with Crippen LogP contribution in [0, 0.1) is 0 Å². The van der Waals surface area contributed by atoms with E-state index in [-0.39, 0.29) is 17.4 Å². The monoisotopic (exact) mass is 310 g/mol. The maximum absolute atomic E-state index is 11.6. The van der Waals surface area contributed by atoms with Gasteiger partial charge in [0.1, 0.15) is 11.4 Å². The molecule has 0 bridgehead atoms. The maximum Gasteiger partial charge on any atom is 0.410 e. The molecule has 1 N–H and O–H groups in total. The number of benzene rings is 1. The highest BCUT2D eigenvalue weighted by Gasteiger charge is 2.46. The van der Waals surface area contributed by atoms with Crippen molar-refractivity contribution in [2.24, 2.45) is 0 Å². The Morgan fingerprint density at radius 2 is 2.24 bits per heavy atom. The van der Waals surface area contributed by atoms with E-state index in [1.807, 2.05) is 6.07 Å². The minimum atomic E-state index is -0.381. The summed E-state index contributed by atoms with van der Waals surface area (Å²) in [5.41, 5.74) is 0.595. The van der Waals surface area contributed by atoms with Crippen molar-refractivity contribution < 1.29 is 14.6 Å².